The molecule has 0 aliphatic carbocycles. The lowest BCUT2D eigenvalue weighted by Gasteiger charge is -2.37. The zero-order valence-corrected chi connectivity index (χ0v) is 12.0. The van der Waals surface area contributed by atoms with Crippen LogP contribution in [0.15, 0.2) is 30.3 Å². The Morgan fingerprint density at radius 2 is 1.79 bits per heavy atom. The first-order chi connectivity index (χ1) is 9.33. The van der Waals surface area contributed by atoms with Gasteiger partial charge in [-0.3, -0.25) is 4.90 Å². The Balaban J connectivity index is 1.41. The molecule has 2 atom stereocenters. The van der Waals surface area contributed by atoms with Crippen LogP contribution < -0.4 is 5.32 Å². The number of benzene rings is 1. The summed E-state index contributed by atoms with van der Waals surface area (Å²) in [4.78, 5) is 2.80. The fourth-order valence-corrected chi connectivity index (χ4v) is 3.96. The highest BCUT2D eigenvalue weighted by Gasteiger charge is 2.38. The van der Waals surface area contributed by atoms with E-state index in [0.29, 0.717) is 0 Å². The standard InChI is InChI=1S/C17H26N2/c1-14-12-16-8-9-17(13-14)19(16)11-5-10-18-15-6-3-2-4-7-15/h2-4,6-7,14,16-18H,5,8-13H2,1H3. The van der Waals surface area contributed by atoms with Crippen LogP contribution in [0.25, 0.3) is 0 Å². The third-order valence-corrected chi connectivity index (χ3v) is 4.82. The number of anilines is 1. The highest BCUT2D eigenvalue weighted by Crippen LogP contribution is 2.38. The van der Waals surface area contributed by atoms with E-state index in [1.54, 1.807) is 0 Å². The maximum Gasteiger partial charge on any atom is 0.0340 e. The van der Waals surface area contributed by atoms with Crippen molar-refractivity contribution in [3.8, 4) is 0 Å². The summed E-state index contributed by atoms with van der Waals surface area (Å²) in [6.07, 6.45) is 7.02. The van der Waals surface area contributed by atoms with Gasteiger partial charge in [0.25, 0.3) is 0 Å². The van der Waals surface area contributed by atoms with E-state index in [1.807, 2.05) is 0 Å². The molecule has 2 aliphatic rings. The lowest BCUT2D eigenvalue weighted by atomic mass is 9.92. The molecule has 0 spiro atoms. The van der Waals surface area contributed by atoms with E-state index in [1.165, 1.54) is 44.3 Å². The Labute approximate surface area is 117 Å². The van der Waals surface area contributed by atoms with Crippen molar-refractivity contribution in [2.24, 2.45) is 5.92 Å². The maximum absolute atomic E-state index is 3.52. The van der Waals surface area contributed by atoms with Crippen LogP contribution in [0, 0.1) is 5.92 Å². The smallest absolute Gasteiger partial charge is 0.0340 e. The molecular formula is C17H26N2. The van der Waals surface area contributed by atoms with E-state index < -0.39 is 0 Å². The van der Waals surface area contributed by atoms with Gasteiger partial charge in [0.2, 0.25) is 0 Å². The molecule has 0 saturated carbocycles. The molecule has 1 aromatic rings. The van der Waals surface area contributed by atoms with Gasteiger partial charge in [-0.15, -0.1) is 0 Å². The number of piperidine rings is 1. The molecule has 2 heterocycles. The second-order valence-electron chi connectivity index (χ2n) is 6.35. The van der Waals surface area contributed by atoms with Crippen molar-refractivity contribution < 1.29 is 0 Å². The zero-order valence-electron chi connectivity index (χ0n) is 12.0. The van der Waals surface area contributed by atoms with Gasteiger partial charge in [-0.05, 0) is 50.2 Å². The number of hydrogen-bond donors (Lipinski definition) is 1. The molecule has 2 unspecified atom stereocenters. The fraction of sp³-hybridized carbons (Fsp3) is 0.647. The van der Waals surface area contributed by atoms with Gasteiger partial charge in [-0.2, -0.15) is 0 Å². The van der Waals surface area contributed by atoms with Crippen LogP contribution in [0.2, 0.25) is 0 Å². The van der Waals surface area contributed by atoms with Crippen molar-refractivity contribution in [2.75, 3.05) is 18.4 Å². The molecule has 2 fully saturated rings. The number of nitrogens with one attached hydrogen (secondary N) is 1. The monoisotopic (exact) mass is 258 g/mol. The van der Waals surface area contributed by atoms with Crippen molar-refractivity contribution in [3.63, 3.8) is 0 Å². The van der Waals surface area contributed by atoms with E-state index in [9.17, 15) is 0 Å². The Bertz CT molecular complexity index is 376. The Morgan fingerprint density at radius 3 is 2.47 bits per heavy atom. The van der Waals surface area contributed by atoms with Crippen molar-refractivity contribution in [2.45, 2.75) is 51.1 Å². The zero-order chi connectivity index (χ0) is 13.1. The molecule has 2 heteroatoms. The molecule has 0 radical (unpaired) electrons. The van der Waals surface area contributed by atoms with Crippen LogP contribution in [0.1, 0.15) is 39.0 Å². The minimum Gasteiger partial charge on any atom is -0.385 e. The first-order valence-corrected chi connectivity index (χ1v) is 7.87. The molecule has 0 aromatic heterocycles. The second-order valence-corrected chi connectivity index (χ2v) is 6.35. The topological polar surface area (TPSA) is 15.3 Å². The molecule has 1 N–H and O–H groups in total. The molecule has 2 nitrogen and oxygen atoms in total. The molecular weight excluding hydrogens is 232 g/mol. The molecule has 3 rings (SSSR count). The van der Waals surface area contributed by atoms with Gasteiger partial charge in [0.1, 0.15) is 0 Å². The summed E-state index contributed by atoms with van der Waals surface area (Å²) in [5.74, 6) is 0.955. The molecule has 2 saturated heterocycles. The summed E-state index contributed by atoms with van der Waals surface area (Å²) in [6, 6.07) is 12.3. The number of fused-ring (bicyclic) bond motifs is 2. The van der Waals surface area contributed by atoms with Crippen LogP contribution >= 0.6 is 0 Å². The Morgan fingerprint density at radius 1 is 1.11 bits per heavy atom. The molecule has 19 heavy (non-hydrogen) atoms. The molecule has 104 valence electrons. The van der Waals surface area contributed by atoms with Crippen LogP contribution in [-0.4, -0.2) is 30.1 Å². The molecule has 0 amide bonds. The average molecular weight is 258 g/mol. The molecule has 1 aromatic carbocycles. The molecule has 2 aliphatic heterocycles. The quantitative estimate of drug-likeness (QED) is 0.809. The summed E-state index contributed by atoms with van der Waals surface area (Å²) in [6.45, 7) is 4.80. The minimum atomic E-state index is 0.894. The largest absolute Gasteiger partial charge is 0.385 e. The van der Waals surface area contributed by atoms with Crippen LogP contribution in [0.4, 0.5) is 5.69 Å². The van der Waals surface area contributed by atoms with Crippen molar-refractivity contribution in [3.05, 3.63) is 30.3 Å². The van der Waals surface area contributed by atoms with Gasteiger partial charge in [-0.25, -0.2) is 0 Å². The van der Waals surface area contributed by atoms with Crippen LogP contribution in [0.3, 0.4) is 0 Å². The number of para-hydroxylation sites is 1. The van der Waals surface area contributed by atoms with Crippen molar-refractivity contribution in [1.82, 2.24) is 4.90 Å². The summed E-state index contributed by atoms with van der Waals surface area (Å²) >= 11 is 0. The average Bonchev–Trinajstić information content (AvgIpc) is 2.67. The fourth-order valence-electron chi connectivity index (χ4n) is 3.96. The summed E-state index contributed by atoms with van der Waals surface area (Å²) in [7, 11) is 0. The summed E-state index contributed by atoms with van der Waals surface area (Å²) < 4.78 is 0. The van der Waals surface area contributed by atoms with Crippen molar-refractivity contribution >= 4 is 5.69 Å². The third-order valence-electron chi connectivity index (χ3n) is 4.82. The van der Waals surface area contributed by atoms with E-state index in [0.717, 1.165) is 24.5 Å². The number of hydrogen-bond acceptors (Lipinski definition) is 2. The van der Waals surface area contributed by atoms with Crippen LogP contribution in [0.5, 0.6) is 0 Å². The minimum absolute atomic E-state index is 0.894. The predicted octanol–water partition coefficient (Wildman–Crippen LogP) is 3.75. The first-order valence-electron chi connectivity index (χ1n) is 7.87. The summed E-state index contributed by atoms with van der Waals surface area (Å²) in [5, 5.41) is 3.52. The first kappa shape index (κ1) is 13.0. The lowest BCUT2D eigenvalue weighted by molar-refractivity contribution is 0.110. The van der Waals surface area contributed by atoms with E-state index in [4.69, 9.17) is 0 Å². The van der Waals surface area contributed by atoms with E-state index in [-0.39, 0.29) is 0 Å². The third kappa shape index (κ3) is 3.11. The van der Waals surface area contributed by atoms with Gasteiger partial charge in [0.05, 0.1) is 0 Å². The van der Waals surface area contributed by atoms with Gasteiger partial charge in [0, 0.05) is 30.9 Å². The lowest BCUT2D eigenvalue weighted by Crippen LogP contribution is -2.43. The van der Waals surface area contributed by atoms with E-state index in [2.05, 4.69) is 47.5 Å². The summed E-state index contributed by atoms with van der Waals surface area (Å²) in [5.41, 5.74) is 1.25. The van der Waals surface area contributed by atoms with Gasteiger partial charge < -0.3 is 5.32 Å². The normalized spacial score (nSPS) is 30.5. The van der Waals surface area contributed by atoms with E-state index >= 15 is 0 Å². The second kappa shape index (κ2) is 5.96. The Hall–Kier alpha value is -1.02. The maximum atomic E-state index is 3.52. The Kier molecular flexibility index (Phi) is 4.07. The number of nitrogens with zero attached hydrogens (tertiary/aromatic N) is 1. The highest BCUT2D eigenvalue weighted by molar-refractivity contribution is 5.42. The molecule has 2 bridgehead atoms. The SMILES string of the molecule is CC1CC2CCC(C1)N2CCCNc1ccccc1. The van der Waals surface area contributed by atoms with Crippen molar-refractivity contribution in [1.29, 1.82) is 0 Å². The van der Waals surface area contributed by atoms with Gasteiger partial charge in [0.15, 0.2) is 0 Å². The van der Waals surface area contributed by atoms with Crippen LogP contribution in [-0.2, 0) is 0 Å². The number of rotatable bonds is 5. The predicted molar refractivity (Wildman–Crippen MR) is 81.5 cm³/mol. The highest BCUT2D eigenvalue weighted by atomic mass is 15.2. The van der Waals surface area contributed by atoms with Gasteiger partial charge >= 0.3 is 0 Å². The van der Waals surface area contributed by atoms with Gasteiger partial charge in [-0.1, -0.05) is 25.1 Å².